The second-order valence-corrected chi connectivity index (χ2v) is 6.31. The lowest BCUT2D eigenvalue weighted by Crippen LogP contribution is -2.34. The smallest absolute Gasteiger partial charge is 0.234 e. The lowest BCUT2D eigenvalue weighted by atomic mass is 9.83. The van der Waals surface area contributed by atoms with Gasteiger partial charge in [-0.15, -0.1) is 0 Å². The van der Waals surface area contributed by atoms with E-state index in [0.717, 1.165) is 5.56 Å². The van der Waals surface area contributed by atoms with Crippen LogP contribution in [0.4, 0.5) is 5.69 Å². The summed E-state index contributed by atoms with van der Waals surface area (Å²) in [6.45, 7) is 4.64. The van der Waals surface area contributed by atoms with Crippen molar-refractivity contribution < 1.29 is 19.0 Å². The first kappa shape index (κ1) is 19.6. The molecule has 2 aromatic carbocycles. The zero-order valence-electron chi connectivity index (χ0n) is 15.7. The number of ether oxygens (including phenoxy) is 3. The Morgan fingerprint density at radius 2 is 1.69 bits per heavy atom. The number of benzene rings is 2. The fourth-order valence-corrected chi connectivity index (χ4v) is 2.45. The van der Waals surface area contributed by atoms with Crippen LogP contribution < -0.4 is 25.3 Å². The molecule has 0 aliphatic heterocycles. The van der Waals surface area contributed by atoms with E-state index >= 15 is 0 Å². The highest BCUT2D eigenvalue weighted by atomic mass is 16.5. The number of anilines is 1. The first-order chi connectivity index (χ1) is 12.4. The molecular formula is C20H26N2O4. The van der Waals surface area contributed by atoms with Crippen LogP contribution in [0.3, 0.4) is 0 Å². The van der Waals surface area contributed by atoms with Gasteiger partial charge in [-0.25, -0.2) is 0 Å². The number of carbonyl (C=O) groups excluding carboxylic acids is 1. The average molecular weight is 358 g/mol. The molecular weight excluding hydrogens is 332 g/mol. The second-order valence-electron chi connectivity index (χ2n) is 6.31. The lowest BCUT2D eigenvalue weighted by Gasteiger charge is -2.25. The predicted molar refractivity (Wildman–Crippen MR) is 102 cm³/mol. The molecule has 0 saturated heterocycles. The van der Waals surface area contributed by atoms with Crippen molar-refractivity contribution in [1.29, 1.82) is 0 Å². The molecule has 0 radical (unpaired) electrons. The maximum absolute atomic E-state index is 12.8. The molecule has 0 unspecified atom stereocenters. The van der Waals surface area contributed by atoms with Crippen LogP contribution in [0.25, 0.3) is 0 Å². The van der Waals surface area contributed by atoms with Crippen molar-refractivity contribution in [2.24, 2.45) is 5.73 Å². The van der Waals surface area contributed by atoms with Gasteiger partial charge in [-0.2, -0.15) is 0 Å². The third-order valence-electron chi connectivity index (χ3n) is 4.17. The highest BCUT2D eigenvalue weighted by molar-refractivity contribution is 5.98. The normalized spacial score (nSPS) is 11.0. The van der Waals surface area contributed by atoms with Crippen LogP contribution in [0, 0.1) is 0 Å². The quantitative estimate of drug-likeness (QED) is 0.758. The Bertz CT molecular complexity index is 742. The minimum Gasteiger partial charge on any atom is -0.493 e. The van der Waals surface area contributed by atoms with E-state index in [1.807, 2.05) is 26.0 Å². The Balaban J connectivity index is 2.14. The Morgan fingerprint density at radius 1 is 1.04 bits per heavy atom. The van der Waals surface area contributed by atoms with Crippen LogP contribution in [0.5, 0.6) is 17.2 Å². The van der Waals surface area contributed by atoms with Crippen LogP contribution in [-0.4, -0.2) is 33.3 Å². The minimum atomic E-state index is -0.756. The van der Waals surface area contributed by atoms with E-state index in [-0.39, 0.29) is 5.91 Å². The van der Waals surface area contributed by atoms with Crippen LogP contribution in [0.15, 0.2) is 42.5 Å². The molecule has 140 valence electrons. The van der Waals surface area contributed by atoms with Crippen molar-refractivity contribution in [3.05, 3.63) is 48.0 Å². The van der Waals surface area contributed by atoms with Crippen molar-refractivity contribution in [2.45, 2.75) is 19.3 Å². The third-order valence-corrected chi connectivity index (χ3v) is 4.17. The minimum absolute atomic E-state index is 0.125. The highest BCUT2D eigenvalue weighted by Crippen LogP contribution is 2.34. The van der Waals surface area contributed by atoms with Crippen LogP contribution in [-0.2, 0) is 10.2 Å². The van der Waals surface area contributed by atoms with Gasteiger partial charge in [-0.3, -0.25) is 4.79 Å². The first-order valence-corrected chi connectivity index (χ1v) is 8.39. The second kappa shape index (κ2) is 8.58. The van der Waals surface area contributed by atoms with Gasteiger partial charge >= 0.3 is 0 Å². The molecule has 6 heteroatoms. The molecule has 0 fully saturated rings. The summed E-state index contributed by atoms with van der Waals surface area (Å²) in [5.41, 5.74) is 6.19. The summed E-state index contributed by atoms with van der Waals surface area (Å²) in [4.78, 5) is 12.8. The van der Waals surface area contributed by atoms with E-state index in [9.17, 15) is 4.79 Å². The van der Waals surface area contributed by atoms with Gasteiger partial charge in [0.05, 0.1) is 19.6 Å². The highest BCUT2D eigenvalue weighted by Gasteiger charge is 2.30. The van der Waals surface area contributed by atoms with Gasteiger partial charge in [-0.1, -0.05) is 6.07 Å². The number of hydrogen-bond acceptors (Lipinski definition) is 5. The Kier molecular flexibility index (Phi) is 6.46. The third kappa shape index (κ3) is 4.46. The maximum Gasteiger partial charge on any atom is 0.234 e. The summed E-state index contributed by atoms with van der Waals surface area (Å²) in [6, 6.07) is 12.7. The van der Waals surface area contributed by atoms with Crippen molar-refractivity contribution in [2.75, 3.05) is 32.7 Å². The van der Waals surface area contributed by atoms with Crippen LogP contribution in [0.2, 0.25) is 0 Å². The van der Waals surface area contributed by atoms with E-state index in [4.69, 9.17) is 19.9 Å². The van der Waals surface area contributed by atoms with Gasteiger partial charge in [0.1, 0.15) is 12.4 Å². The van der Waals surface area contributed by atoms with E-state index in [2.05, 4.69) is 5.32 Å². The summed E-state index contributed by atoms with van der Waals surface area (Å²) >= 11 is 0. The number of amides is 1. The standard InChI is InChI=1S/C20H26N2O4/c1-20(2,14-5-10-17(24-3)18(13-14)25-4)19(23)22-15-6-8-16(9-7-15)26-12-11-21/h5-10,13H,11-12,21H2,1-4H3,(H,22,23). The molecule has 0 aliphatic carbocycles. The monoisotopic (exact) mass is 358 g/mol. The summed E-state index contributed by atoms with van der Waals surface area (Å²) in [5.74, 6) is 1.81. The largest absolute Gasteiger partial charge is 0.493 e. The Hall–Kier alpha value is -2.73. The SMILES string of the molecule is COc1ccc(C(C)(C)C(=O)Nc2ccc(OCCN)cc2)cc1OC. The van der Waals surface area contributed by atoms with Crippen molar-refractivity contribution in [3.63, 3.8) is 0 Å². The maximum atomic E-state index is 12.8. The van der Waals surface area contributed by atoms with Crippen molar-refractivity contribution >= 4 is 11.6 Å². The lowest BCUT2D eigenvalue weighted by molar-refractivity contribution is -0.120. The number of hydrogen-bond donors (Lipinski definition) is 2. The molecule has 6 nitrogen and oxygen atoms in total. The zero-order valence-corrected chi connectivity index (χ0v) is 15.7. The summed E-state index contributed by atoms with van der Waals surface area (Å²) in [6.07, 6.45) is 0. The topological polar surface area (TPSA) is 82.8 Å². The van der Waals surface area contributed by atoms with Crippen molar-refractivity contribution in [1.82, 2.24) is 0 Å². The van der Waals surface area contributed by atoms with Gasteiger partial charge in [0, 0.05) is 12.2 Å². The summed E-state index contributed by atoms with van der Waals surface area (Å²) < 4.78 is 16.0. The van der Waals surface area contributed by atoms with Crippen LogP contribution >= 0.6 is 0 Å². The molecule has 2 rings (SSSR count). The van der Waals surface area contributed by atoms with Gasteiger partial charge in [0.15, 0.2) is 11.5 Å². The zero-order chi connectivity index (χ0) is 19.2. The molecule has 0 aliphatic rings. The Morgan fingerprint density at radius 3 is 2.27 bits per heavy atom. The summed E-state index contributed by atoms with van der Waals surface area (Å²) in [7, 11) is 3.15. The molecule has 0 heterocycles. The molecule has 0 aromatic heterocycles. The van der Waals surface area contributed by atoms with Gasteiger partial charge in [0.25, 0.3) is 0 Å². The van der Waals surface area contributed by atoms with Crippen LogP contribution in [0.1, 0.15) is 19.4 Å². The number of methoxy groups -OCH3 is 2. The van der Waals surface area contributed by atoms with E-state index in [0.29, 0.717) is 36.1 Å². The average Bonchev–Trinajstić information content (AvgIpc) is 2.66. The molecule has 2 aromatic rings. The fourth-order valence-electron chi connectivity index (χ4n) is 2.45. The molecule has 0 bridgehead atoms. The van der Waals surface area contributed by atoms with Gasteiger partial charge in [-0.05, 0) is 55.8 Å². The van der Waals surface area contributed by atoms with E-state index in [1.165, 1.54) is 0 Å². The molecule has 0 saturated carbocycles. The van der Waals surface area contributed by atoms with E-state index in [1.54, 1.807) is 44.6 Å². The molecule has 0 spiro atoms. The number of carbonyl (C=O) groups is 1. The molecule has 1 amide bonds. The Labute approximate surface area is 154 Å². The molecule has 26 heavy (non-hydrogen) atoms. The van der Waals surface area contributed by atoms with Gasteiger partial charge in [0.2, 0.25) is 5.91 Å². The van der Waals surface area contributed by atoms with E-state index < -0.39 is 5.41 Å². The van der Waals surface area contributed by atoms with Crippen molar-refractivity contribution in [3.8, 4) is 17.2 Å². The number of rotatable bonds is 8. The number of nitrogens with two attached hydrogens (primary N) is 1. The predicted octanol–water partition coefficient (Wildman–Crippen LogP) is 2.96. The summed E-state index contributed by atoms with van der Waals surface area (Å²) in [5, 5.41) is 2.94. The molecule has 0 atom stereocenters. The fraction of sp³-hybridized carbons (Fsp3) is 0.350. The number of nitrogens with one attached hydrogen (secondary N) is 1. The molecule has 3 N–H and O–H groups in total. The van der Waals surface area contributed by atoms with Gasteiger partial charge < -0.3 is 25.3 Å². The first-order valence-electron chi connectivity index (χ1n) is 8.39.